The largest absolute Gasteiger partial charge is 0.477 e. The molecule has 6 heteroatoms. The van der Waals surface area contributed by atoms with Crippen LogP contribution in [-0.4, -0.2) is 23.5 Å². The van der Waals surface area contributed by atoms with Crippen molar-refractivity contribution in [3.63, 3.8) is 0 Å². The van der Waals surface area contributed by atoms with Crippen molar-refractivity contribution in [3.05, 3.63) is 40.3 Å². The van der Waals surface area contributed by atoms with Gasteiger partial charge < -0.3 is 10.0 Å². The number of thiophene rings is 1. The van der Waals surface area contributed by atoms with Crippen molar-refractivity contribution < 1.29 is 19.1 Å². The molecule has 1 fully saturated rings. The molecule has 1 N–H and O–H groups in total. The van der Waals surface area contributed by atoms with E-state index >= 15 is 0 Å². The zero-order valence-corrected chi connectivity index (χ0v) is 12.9. The number of carbonyl (C=O) groups excluding carboxylic acids is 1. The van der Waals surface area contributed by atoms with Crippen molar-refractivity contribution >= 4 is 28.9 Å². The number of β-lactam (4-membered cyclic amide) rings is 1. The number of anilines is 1. The van der Waals surface area contributed by atoms with Gasteiger partial charge in [-0.15, -0.1) is 11.3 Å². The van der Waals surface area contributed by atoms with Gasteiger partial charge in [0.25, 0.3) is 0 Å². The first kappa shape index (κ1) is 14.7. The van der Waals surface area contributed by atoms with Crippen LogP contribution in [0.2, 0.25) is 0 Å². The van der Waals surface area contributed by atoms with Gasteiger partial charge in [-0.2, -0.15) is 0 Å². The lowest BCUT2D eigenvalue weighted by atomic mass is 9.82. The van der Waals surface area contributed by atoms with Gasteiger partial charge in [-0.3, -0.25) is 4.79 Å². The molecule has 114 valence electrons. The topological polar surface area (TPSA) is 57.6 Å². The van der Waals surface area contributed by atoms with Crippen molar-refractivity contribution in [3.8, 4) is 11.1 Å². The van der Waals surface area contributed by atoms with Crippen LogP contribution in [0.15, 0.2) is 29.6 Å². The highest BCUT2D eigenvalue weighted by Gasteiger charge is 2.47. The summed E-state index contributed by atoms with van der Waals surface area (Å²) in [6, 6.07) is 5.81. The van der Waals surface area contributed by atoms with Crippen molar-refractivity contribution in [1.29, 1.82) is 0 Å². The van der Waals surface area contributed by atoms with E-state index in [0.29, 0.717) is 23.4 Å². The Bertz CT molecular complexity index is 764. The maximum Gasteiger partial charge on any atom is 0.348 e. The van der Waals surface area contributed by atoms with Crippen LogP contribution in [0, 0.1) is 11.2 Å². The van der Waals surface area contributed by atoms with Gasteiger partial charge in [0.2, 0.25) is 5.91 Å². The maximum absolute atomic E-state index is 13.1. The van der Waals surface area contributed by atoms with Gasteiger partial charge in [0, 0.05) is 17.5 Å². The number of hydrogen-bond acceptors (Lipinski definition) is 3. The van der Waals surface area contributed by atoms with Crippen molar-refractivity contribution in [2.75, 3.05) is 11.4 Å². The van der Waals surface area contributed by atoms with Crippen LogP contribution in [0.1, 0.15) is 23.5 Å². The van der Waals surface area contributed by atoms with Crippen LogP contribution in [-0.2, 0) is 4.79 Å². The van der Waals surface area contributed by atoms with E-state index in [1.165, 1.54) is 17.0 Å². The van der Waals surface area contributed by atoms with E-state index in [-0.39, 0.29) is 16.6 Å². The predicted molar refractivity (Wildman–Crippen MR) is 82.8 cm³/mol. The summed E-state index contributed by atoms with van der Waals surface area (Å²) >= 11 is 1.08. The Morgan fingerprint density at radius 1 is 1.32 bits per heavy atom. The second-order valence-electron chi connectivity index (χ2n) is 5.91. The number of carboxylic acid groups (broad SMARTS) is 1. The van der Waals surface area contributed by atoms with E-state index in [1.54, 1.807) is 17.5 Å². The highest BCUT2D eigenvalue weighted by molar-refractivity contribution is 7.13. The molecule has 0 radical (unpaired) electrons. The molecule has 1 aromatic heterocycles. The van der Waals surface area contributed by atoms with Gasteiger partial charge in [-0.25, -0.2) is 9.18 Å². The molecule has 0 bridgehead atoms. The second-order valence-corrected chi connectivity index (χ2v) is 6.79. The summed E-state index contributed by atoms with van der Waals surface area (Å²) in [5.74, 6) is -1.53. The lowest BCUT2D eigenvalue weighted by molar-refractivity contribution is -0.132. The zero-order chi connectivity index (χ0) is 16.1. The molecule has 0 atom stereocenters. The Hall–Kier alpha value is -2.21. The third-order valence-electron chi connectivity index (χ3n) is 3.76. The van der Waals surface area contributed by atoms with Gasteiger partial charge >= 0.3 is 5.97 Å². The number of carboxylic acids is 1. The monoisotopic (exact) mass is 319 g/mol. The summed E-state index contributed by atoms with van der Waals surface area (Å²) < 4.78 is 13.1. The van der Waals surface area contributed by atoms with Gasteiger partial charge in [0.1, 0.15) is 10.7 Å². The number of benzene rings is 1. The molecule has 1 aliphatic rings. The van der Waals surface area contributed by atoms with Crippen LogP contribution >= 0.6 is 11.3 Å². The number of halogens is 1. The van der Waals surface area contributed by atoms with Crippen LogP contribution in [0.5, 0.6) is 0 Å². The minimum absolute atomic E-state index is 0.100. The van der Waals surface area contributed by atoms with E-state index in [0.717, 1.165) is 11.3 Å². The van der Waals surface area contributed by atoms with E-state index in [2.05, 4.69) is 0 Å². The fourth-order valence-corrected chi connectivity index (χ4v) is 3.51. The first-order chi connectivity index (χ1) is 10.3. The third kappa shape index (κ3) is 2.20. The second kappa shape index (κ2) is 4.91. The third-order valence-corrected chi connectivity index (χ3v) is 4.72. The van der Waals surface area contributed by atoms with Crippen LogP contribution in [0.4, 0.5) is 10.1 Å². The van der Waals surface area contributed by atoms with E-state index < -0.39 is 11.4 Å². The number of amides is 1. The molecule has 4 nitrogen and oxygen atoms in total. The summed E-state index contributed by atoms with van der Waals surface area (Å²) in [6.45, 7) is 4.13. The summed E-state index contributed by atoms with van der Waals surface area (Å²) in [6.07, 6.45) is 0. The molecule has 0 unspecified atom stereocenters. The molecule has 0 saturated carbocycles. The van der Waals surface area contributed by atoms with Gasteiger partial charge in [-0.1, -0.05) is 12.1 Å². The molecule has 0 spiro atoms. The molecule has 2 heterocycles. The Kier molecular flexibility index (Phi) is 3.29. The lowest BCUT2D eigenvalue weighted by Gasteiger charge is -2.44. The van der Waals surface area contributed by atoms with Crippen molar-refractivity contribution in [2.45, 2.75) is 13.8 Å². The Labute approximate surface area is 130 Å². The van der Waals surface area contributed by atoms with E-state index in [4.69, 9.17) is 0 Å². The molecule has 2 aromatic rings. The Morgan fingerprint density at radius 2 is 1.95 bits per heavy atom. The van der Waals surface area contributed by atoms with Crippen molar-refractivity contribution in [1.82, 2.24) is 0 Å². The smallest absolute Gasteiger partial charge is 0.348 e. The van der Waals surface area contributed by atoms with E-state index in [1.807, 2.05) is 13.8 Å². The quantitative estimate of drug-likeness (QED) is 0.879. The average molecular weight is 319 g/mol. The zero-order valence-electron chi connectivity index (χ0n) is 12.1. The fourth-order valence-electron chi connectivity index (χ4n) is 2.60. The molecule has 1 amide bonds. The van der Waals surface area contributed by atoms with Crippen LogP contribution < -0.4 is 4.90 Å². The first-order valence-corrected chi connectivity index (χ1v) is 7.62. The Morgan fingerprint density at radius 3 is 2.45 bits per heavy atom. The standard InChI is InChI=1S/C16H14FNO3S/c1-16(2)8-18(15(16)21)12-11(7-22-13(12)14(19)20)9-3-5-10(17)6-4-9/h3-7H,8H2,1-2H3,(H,19,20). The summed E-state index contributed by atoms with van der Waals surface area (Å²) in [4.78, 5) is 25.3. The van der Waals surface area contributed by atoms with Gasteiger partial charge in [0.05, 0.1) is 11.1 Å². The molecule has 1 aliphatic heterocycles. The molecule has 0 aliphatic carbocycles. The first-order valence-electron chi connectivity index (χ1n) is 6.74. The minimum atomic E-state index is -1.06. The highest BCUT2D eigenvalue weighted by atomic mass is 32.1. The number of rotatable bonds is 3. The lowest BCUT2D eigenvalue weighted by Crippen LogP contribution is -2.59. The van der Waals surface area contributed by atoms with Gasteiger partial charge in [0.15, 0.2) is 0 Å². The minimum Gasteiger partial charge on any atom is -0.477 e. The summed E-state index contributed by atoms with van der Waals surface area (Å²) in [5.41, 5.74) is 1.27. The molecule has 1 aromatic carbocycles. The molecule has 3 rings (SSSR count). The molecular weight excluding hydrogens is 305 g/mol. The number of aromatic carboxylic acids is 1. The normalized spacial score (nSPS) is 16.5. The van der Waals surface area contributed by atoms with E-state index in [9.17, 15) is 19.1 Å². The number of hydrogen-bond donors (Lipinski definition) is 1. The fraction of sp³-hybridized carbons (Fsp3) is 0.250. The molecule has 22 heavy (non-hydrogen) atoms. The average Bonchev–Trinajstić information content (AvgIpc) is 2.90. The van der Waals surface area contributed by atoms with Crippen LogP contribution in [0.25, 0.3) is 11.1 Å². The summed E-state index contributed by atoms with van der Waals surface area (Å²) in [5, 5.41) is 11.1. The van der Waals surface area contributed by atoms with Crippen LogP contribution in [0.3, 0.4) is 0 Å². The predicted octanol–water partition coefficient (Wildman–Crippen LogP) is 3.63. The Balaban J connectivity index is 2.11. The number of carbonyl (C=O) groups is 2. The molecular formula is C16H14FNO3S. The van der Waals surface area contributed by atoms with Crippen molar-refractivity contribution in [2.24, 2.45) is 5.41 Å². The number of nitrogens with zero attached hydrogens (tertiary/aromatic N) is 1. The summed E-state index contributed by atoms with van der Waals surface area (Å²) in [7, 11) is 0. The van der Waals surface area contributed by atoms with Gasteiger partial charge in [-0.05, 0) is 31.5 Å². The maximum atomic E-state index is 13.1. The molecule has 1 saturated heterocycles. The highest BCUT2D eigenvalue weighted by Crippen LogP contribution is 2.45. The SMILES string of the molecule is CC1(C)CN(c2c(-c3ccc(F)cc3)csc2C(=O)O)C1=O.